The fourth-order valence-electron chi connectivity index (χ4n) is 4.51. The molecule has 2 aromatic rings. The van der Waals surface area contributed by atoms with Crippen LogP contribution in [0.4, 0.5) is 5.69 Å². The molecule has 0 unspecified atom stereocenters. The van der Waals surface area contributed by atoms with E-state index in [4.69, 9.17) is 9.47 Å². The summed E-state index contributed by atoms with van der Waals surface area (Å²) in [4.78, 5) is 24.4. The number of para-hydroxylation sites is 3. The van der Waals surface area contributed by atoms with Gasteiger partial charge in [0.15, 0.2) is 12.4 Å². The Morgan fingerprint density at radius 3 is 2.50 bits per heavy atom. The smallest absolute Gasteiger partial charge is 0.306 e. The number of carbonyl (C=O) groups is 2. The van der Waals surface area contributed by atoms with E-state index in [1.807, 2.05) is 42.5 Å². The molecule has 1 amide bonds. The van der Waals surface area contributed by atoms with Gasteiger partial charge in [-0.05, 0) is 61.3 Å². The van der Waals surface area contributed by atoms with Crippen LogP contribution in [0.3, 0.4) is 0 Å². The first kappa shape index (κ1) is 18.5. The summed E-state index contributed by atoms with van der Waals surface area (Å²) in [7, 11) is 0. The molecule has 2 bridgehead atoms. The first-order chi connectivity index (χ1) is 13.7. The van der Waals surface area contributed by atoms with E-state index in [0.29, 0.717) is 35.4 Å². The number of amides is 1. The summed E-state index contributed by atoms with van der Waals surface area (Å²) in [5.41, 5.74) is 0.542. The molecule has 0 radical (unpaired) electrons. The van der Waals surface area contributed by atoms with Gasteiger partial charge in [-0.3, -0.25) is 9.59 Å². The summed E-state index contributed by atoms with van der Waals surface area (Å²) in [6.45, 7) is -0.278. The maximum absolute atomic E-state index is 12.2. The first-order valence-electron chi connectivity index (χ1n) is 9.95. The van der Waals surface area contributed by atoms with Gasteiger partial charge in [0.25, 0.3) is 5.91 Å². The molecule has 0 spiro atoms. The average molecular weight is 379 g/mol. The number of esters is 1. The van der Waals surface area contributed by atoms with E-state index >= 15 is 0 Å². The van der Waals surface area contributed by atoms with Gasteiger partial charge in [-0.1, -0.05) is 36.8 Å². The van der Waals surface area contributed by atoms with Crippen molar-refractivity contribution in [3.63, 3.8) is 0 Å². The zero-order valence-electron chi connectivity index (χ0n) is 15.8. The lowest BCUT2D eigenvalue weighted by molar-refractivity contribution is -0.148. The number of hydrogen-bond acceptors (Lipinski definition) is 4. The van der Waals surface area contributed by atoms with Crippen LogP contribution in [0.5, 0.6) is 11.5 Å². The number of ether oxygens (including phenoxy) is 2. The lowest BCUT2D eigenvalue weighted by atomic mass is 9.86. The zero-order chi connectivity index (χ0) is 19.3. The Balaban J connectivity index is 1.27. The molecule has 146 valence electrons. The second kappa shape index (κ2) is 8.46. The molecule has 1 N–H and O–H groups in total. The summed E-state index contributed by atoms with van der Waals surface area (Å²) in [5, 5.41) is 2.77. The van der Waals surface area contributed by atoms with Gasteiger partial charge in [0.2, 0.25) is 0 Å². The number of benzene rings is 2. The molecule has 28 heavy (non-hydrogen) atoms. The van der Waals surface area contributed by atoms with E-state index in [0.717, 1.165) is 12.3 Å². The largest absolute Gasteiger partial charge is 0.456 e. The van der Waals surface area contributed by atoms with Gasteiger partial charge < -0.3 is 14.8 Å². The van der Waals surface area contributed by atoms with Crippen LogP contribution in [-0.2, 0) is 14.3 Å². The Morgan fingerprint density at radius 1 is 0.964 bits per heavy atom. The molecule has 3 atom stereocenters. The molecular weight excluding hydrogens is 354 g/mol. The van der Waals surface area contributed by atoms with Crippen molar-refractivity contribution < 1.29 is 19.1 Å². The van der Waals surface area contributed by atoms with Crippen molar-refractivity contribution >= 4 is 17.6 Å². The summed E-state index contributed by atoms with van der Waals surface area (Å²) < 4.78 is 11.0. The van der Waals surface area contributed by atoms with Crippen molar-refractivity contribution in [3.05, 3.63) is 54.6 Å². The number of hydrogen-bond donors (Lipinski definition) is 1. The monoisotopic (exact) mass is 379 g/mol. The average Bonchev–Trinajstić information content (AvgIpc) is 3.32. The van der Waals surface area contributed by atoms with Crippen molar-refractivity contribution in [2.24, 2.45) is 17.8 Å². The standard InChI is InChI=1S/C23H25NO4/c25-22(15-27-23(26)14-18-13-16-10-11-17(18)12-16)24-20-8-4-5-9-21(20)28-19-6-2-1-3-7-19/h1-9,16-18H,10-15H2,(H,24,25)/t16-,17-,18-/m1/s1. The Labute approximate surface area is 165 Å². The van der Waals surface area contributed by atoms with Crippen molar-refractivity contribution in [2.75, 3.05) is 11.9 Å². The van der Waals surface area contributed by atoms with Crippen LogP contribution in [0.2, 0.25) is 0 Å². The van der Waals surface area contributed by atoms with E-state index < -0.39 is 0 Å². The van der Waals surface area contributed by atoms with E-state index in [9.17, 15) is 9.59 Å². The molecular formula is C23H25NO4. The van der Waals surface area contributed by atoms with Crippen molar-refractivity contribution in [1.82, 2.24) is 0 Å². The van der Waals surface area contributed by atoms with Crippen molar-refractivity contribution in [2.45, 2.75) is 32.1 Å². The third-order valence-electron chi connectivity index (χ3n) is 5.81. The lowest BCUT2D eigenvalue weighted by Crippen LogP contribution is -2.23. The van der Waals surface area contributed by atoms with Crippen molar-refractivity contribution in [3.8, 4) is 11.5 Å². The number of anilines is 1. The predicted molar refractivity (Wildman–Crippen MR) is 106 cm³/mol. The molecule has 0 saturated heterocycles. The van der Waals surface area contributed by atoms with Gasteiger partial charge in [-0.15, -0.1) is 0 Å². The molecule has 2 saturated carbocycles. The third kappa shape index (κ3) is 4.53. The highest BCUT2D eigenvalue weighted by atomic mass is 16.5. The van der Waals surface area contributed by atoms with Crippen LogP contribution in [0.1, 0.15) is 32.1 Å². The van der Waals surface area contributed by atoms with Gasteiger partial charge in [-0.2, -0.15) is 0 Å². The molecule has 2 aliphatic rings. The SMILES string of the molecule is O=C(COC(=O)C[C@H]1C[C@@H]2CC[C@@H]1C2)Nc1ccccc1Oc1ccccc1. The van der Waals surface area contributed by atoms with Crippen LogP contribution in [0.25, 0.3) is 0 Å². The summed E-state index contributed by atoms with van der Waals surface area (Å²) in [6.07, 6.45) is 5.37. The maximum atomic E-state index is 12.2. The minimum absolute atomic E-state index is 0.276. The molecule has 0 aliphatic heterocycles. The van der Waals surface area contributed by atoms with Gasteiger partial charge >= 0.3 is 5.97 Å². The molecule has 2 aliphatic carbocycles. The van der Waals surface area contributed by atoms with Gasteiger partial charge in [0.1, 0.15) is 5.75 Å². The molecule has 4 rings (SSSR count). The van der Waals surface area contributed by atoms with E-state index in [2.05, 4.69) is 5.32 Å². The Hall–Kier alpha value is -2.82. The third-order valence-corrected chi connectivity index (χ3v) is 5.81. The van der Waals surface area contributed by atoms with Crippen LogP contribution in [0.15, 0.2) is 54.6 Å². The molecule has 5 nitrogen and oxygen atoms in total. The zero-order valence-corrected chi connectivity index (χ0v) is 15.8. The fourth-order valence-corrected chi connectivity index (χ4v) is 4.51. The summed E-state index contributed by atoms with van der Waals surface area (Å²) in [5.74, 6) is 2.48. The number of rotatable bonds is 7. The minimum Gasteiger partial charge on any atom is -0.456 e. The normalized spacial score (nSPS) is 22.6. The van der Waals surface area contributed by atoms with Gasteiger partial charge in [0, 0.05) is 6.42 Å². The highest BCUT2D eigenvalue weighted by Gasteiger charge is 2.40. The van der Waals surface area contributed by atoms with Crippen molar-refractivity contribution in [1.29, 1.82) is 0 Å². The van der Waals surface area contributed by atoms with Crippen LogP contribution >= 0.6 is 0 Å². The molecule has 0 heterocycles. The molecule has 0 aromatic heterocycles. The van der Waals surface area contributed by atoms with Gasteiger partial charge in [-0.25, -0.2) is 0 Å². The minimum atomic E-state index is -0.370. The molecule has 5 heteroatoms. The molecule has 2 fully saturated rings. The predicted octanol–water partition coefficient (Wildman–Crippen LogP) is 4.79. The van der Waals surface area contributed by atoms with E-state index in [1.165, 1.54) is 19.3 Å². The lowest BCUT2D eigenvalue weighted by Gasteiger charge is -2.20. The first-order valence-corrected chi connectivity index (χ1v) is 9.95. The number of fused-ring (bicyclic) bond motifs is 2. The summed E-state index contributed by atoms with van der Waals surface area (Å²) in [6, 6.07) is 16.5. The summed E-state index contributed by atoms with van der Waals surface area (Å²) >= 11 is 0. The number of carbonyl (C=O) groups excluding carboxylic acids is 2. The Morgan fingerprint density at radius 2 is 1.75 bits per heavy atom. The highest BCUT2D eigenvalue weighted by molar-refractivity contribution is 5.94. The highest BCUT2D eigenvalue weighted by Crippen LogP contribution is 2.49. The van der Waals surface area contributed by atoms with Crippen LogP contribution in [0, 0.1) is 17.8 Å². The van der Waals surface area contributed by atoms with E-state index in [1.54, 1.807) is 12.1 Å². The van der Waals surface area contributed by atoms with Crippen LogP contribution in [-0.4, -0.2) is 18.5 Å². The van der Waals surface area contributed by atoms with E-state index in [-0.39, 0.29) is 18.5 Å². The fraction of sp³-hybridized carbons (Fsp3) is 0.391. The molecule has 2 aromatic carbocycles. The topological polar surface area (TPSA) is 64.6 Å². The second-order valence-corrected chi connectivity index (χ2v) is 7.76. The Kier molecular flexibility index (Phi) is 5.60. The second-order valence-electron chi connectivity index (χ2n) is 7.76. The Bertz CT molecular complexity index is 836. The van der Waals surface area contributed by atoms with Gasteiger partial charge in [0.05, 0.1) is 5.69 Å². The van der Waals surface area contributed by atoms with Crippen LogP contribution < -0.4 is 10.1 Å². The maximum Gasteiger partial charge on any atom is 0.306 e. The number of nitrogens with one attached hydrogen (secondary N) is 1. The quantitative estimate of drug-likeness (QED) is 0.703.